The minimum Gasteiger partial charge on any atom is -0.373 e. The van der Waals surface area contributed by atoms with E-state index in [1.807, 2.05) is 11.3 Å². The number of nitrogens with two attached hydrogens (primary N) is 1. The van der Waals surface area contributed by atoms with Gasteiger partial charge < -0.3 is 10.6 Å². The Balaban J connectivity index is 2.00. The third kappa shape index (κ3) is 4.06. The lowest BCUT2D eigenvalue weighted by molar-refractivity contribution is 0.883. The predicted octanol–water partition coefficient (Wildman–Crippen LogP) is 3.69. The Morgan fingerprint density at radius 2 is 2.11 bits per heavy atom. The number of halogens is 1. The van der Waals surface area contributed by atoms with Crippen LogP contribution in [0.3, 0.4) is 0 Å². The molecule has 0 bridgehead atoms. The molecule has 0 fully saturated rings. The van der Waals surface area contributed by atoms with Gasteiger partial charge in [-0.15, -0.1) is 11.3 Å². The molecule has 0 saturated carbocycles. The fourth-order valence-electron chi connectivity index (χ4n) is 2.04. The van der Waals surface area contributed by atoms with Crippen LogP contribution in [-0.2, 0) is 12.8 Å². The summed E-state index contributed by atoms with van der Waals surface area (Å²) in [7, 11) is 2.14. The molecule has 0 amide bonds. The molecule has 1 heterocycles. The molecule has 2 rings (SSSR count). The second-order valence-electron chi connectivity index (χ2n) is 4.58. The maximum Gasteiger partial charge on any atom is 0.0508 e. The van der Waals surface area contributed by atoms with Crippen molar-refractivity contribution in [2.45, 2.75) is 12.8 Å². The van der Waals surface area contributed by atoms with Crippen LogP contribution in [0.5, 0.6) is 0 Å². The van der Waals surface area contributed by atoms with E-state index in [4.69, 9.17) is 5.73 Å². The lowest BCUT2D eigenvalue weighted by atomic mass is 10.1. The molecular formula is C15H19BrN2S. The first-order valence-corrected chi connectivity index (χ1v) is 8.10. The SMILES string of the molecule is CN(CCc1cccs1)c1ccc(CCN)cc1Br. The van der Waals surface area contributed by atoms with Crippen LogP contribution in [0, 0.1) is 0 Å². The molecule has 2 nitrogen and oxygen atoms in total. The van der Waals surface area contributed by atoms with Crippen LogP contribution < -0.4 is 10.6 Å². The van der Waals surface area contributed by atoms with Gasteiger partial charge in [-0.25, -0.2) is 0 Å². The van der Waals surface area contributed by atoms with Gasteiger partial charge in [0.25, 0.3) is 0 Å². The molecule has 0 aliphatic carbocycles. The van der Waals surface area contributed by atoms with Crippen molar-refractivity contribution in [2.24, 2.45) is 5.73 Å². The Labute approximate surface area is 127 Å². The molecule has 0 aliphatic heterocycles. The molecular weight excluding hydrogens is 320 g/mol. The van der Waals surface area contributed by atoms with Crippen molar-refractivity contribution in [3.63, 3.8) is 0 Å². The van der Waals surface area contributed by atoms with Crippen LogP contribution in [0.4, 0.5) is 5.69 Å². The topological polar surface area (TPSA) is 29.3 Å². The number of anilines is 1. The Morgan fingerprint density at radius 3 is 2.74 bits per heavy atom. The van der Waals surface area contributed by atoms with Gasteiger partial charge in [0.05, 0.1) is 5.69 Å². The molecule has 0 atom stereocenters. The highest BCUT2D eigenvalue weighted by Crippen LogP contribution is 2.27. The minimum absolute atomic E-state index is 0.694. The van der Waals surface area contributed by atoms with Gasteiger partial charge in [0.1, 0.15) is 0 Å². The Bertz CT molecular complexity index is 511. The molecule has 19 heavy (non-hydrogen) atoms. The highest BCUT2D eigenvalue weighted by molar-refractivity contribution is 9.10. The highest BCUT2D eigenvalue weighted by atomic mass is 79.9. The fourth-order valence-corrected chi connectivity index (χ4v) is 3.46. The molecule has 0 spiro atoms. The summed E-state index contributed by atoms with van der Waals surface area (Å²) in [5, 5.41) is 2.13. The predicted molar refractivity (Wildman–Crippen MR) is 88.2 cm³/mol. The number of hydrogen-bond donors (Lipinski definition) is 1. The Hall–Kier alpha value is -0.840. The normalized spacial score (nSPS) is 10.7. The number of benzene rings is 1. The number of rotatable bonds is 6. The monoisotopic (exact) mass is 338 g/mol. The number of thiophene rings is 1. The van der Waals surface area contributed by atoms with Crippen molar-refractivity contribution < 1.29 is 0 Å². The molecule has 0 saturated heterocycles. The van der Waals surface area contributed by atoms with Crippen molar-refractivity contribution in [3.05, 3.63) is 50.6 Å². The molecule has 1 aromatic carbocycles. The van der Waals surface area contributed by atoms with Gasteiger partial charge in [0.2, 0.25) is 0 Å². The van der Waals surface area contributed by atoms with Crippen molar-refractivity contribution >= 4 is 33.0 Å². The molecule has 1 aromatic heterocycles. The van der Waals surface area contributed by atoms with Gasteiger partial charge in [-0.1, -0.05) is 12.1 Å². The maximum absolute atomic E-state index is 5.59. The second-order valence-corrected chi connectivity index (χ2v) is 6.46. The summed E-state index contributed by atoms with van der Waals surface area (Å²) in [6.07, 6.45) is 2.02. The standard InChI is InChI=1S/C15H19BrN2S/c1-18(9-7-13-3-2-10-19-13)15-5-4-12(6-8-17)11-14(15)16/h2-5,10-11H,6-9,17H2,1H3. The summed E-state index contributed by atoms with van der Waals surface area (Å²) in [4.78, 5) is 3.72. The van der Waals surface area contributed by atoms with Crippen LogP contribution in [0.15, 0.2) is 40.2 Å². The van der Waals surface area contributed by atoms with E-state index in [9.17, 15) is 0 Å². The van der Waals surface area contributed by atoms with Crippen molar-refractivity contribution in [3.8, 4) is 0 Å². The van der Waals surface area contributed by atoms with Crippen LogP contribution in [0.1, 0.15) is 10.4 Å². The zero-order valence-corrected chi connectivity index (χ0v) is 13.5. The third-order valence-corrected chi connectivity index (χ3v) is 4.70. The van der Waals surface area contributed by atoms with Gasteiger partial charge in [-0.3, -0.25) is 0 Å². The van der Waals surface area contributed by atoms with Crippen LogP contribution in [0.2, 0.25) is 0 Å². The first-order valence-electron chi connectivity index (χ1n) is 6.42. The highest BCUT2D eigenvalue weighted by Gasteiger charge is 2.07. The first kappa shape index (κ1) is 14.6. The second kappa shape index (κ2) is 7.08. The molecule has 2 N–H and O–H groups in total. The minimum atomic E-state index is 0.694. The van der Waals surface area contributed by atoms with E-state index in [0.717, 1.165) is 23.9 Å². The summed E-state index contributed by atoms with van der Waals surface area (Å²) in [6.45, 7) is 1.72. The number of likely N-dealkylation sites (N-methyl/N-ethyl adjacent to an activating group) is 1. The first-order chi connectivity index (χ1) is 9.20. The lowest BCUT2D eigenvalue weighted by Crippen LogP contribution is -2.20. The van der Waals surface area contributed by atoms with E-state index >= 15 is 0 Å². The average Bonchev–Trinajstić information content (AvgIpc) is 2.89. The van der Waals surface area contributed by atoms with Gasteiger partial charge in [0, 0.05) is 22.9 Å². The summed E-state index contributed by atoms with van der Waals surface area (Å²) >= 11 is 5.48. The van der Waals surface area contributed by atoms with E-state index < -0.39 is 0 Å². The number of hydrogen-bond acceptors (Lipinski definition) is 3. The molecule has 4 heteroatoms. The van der Waals surface area contributed by atoms with E-state index in [0.29, 0.717) is 6.54 Å². The lowest BCUT2D eigenvalue weighted by Gasteiger charge is -2.21. The molecule has 0 radical (unpaired) electrons. The van der Waals surface area contributed by atoms with Gasteiger partial charge in [-0.2, -0.15) is 0 Å². The van der Waals surface area contributed by atoms with Crippen molar-refractivity contribution in [2.75, 3.05) is 25.0 Å². The molecule has 2 aromatic rings. The summed E-state index contributed by atoms with van der Waals surface area (Å²) in [6, 6.07) is 10.8. The average molecular weight is 339 g/mol. The fraction of sp³-hybridized carbons (Fsp3) is 0.333. The molecule has 0 aliphatic rings. The van der Waals surface area contributed by atoms with Crippen molar-refractivity contribution in [1.82, 2.24) is 0 Å². The smallest absolute Gasteiger partial charge is 0.0508 e. The number of nitrogens with zero attached hydrogens (tertiary/aromatic N) is 1. The van der Waals surface area contributed by atoms with Gasteiger partial charge >= 0.3 is 0 Å². The third-order valence-electron chi connectivity index (χ3n) is 3.13. The zero-order chi connectivity index (χ0) is 13.7. The Morgan fingerprint density at radius 1 is 1.26 bits per heavy atom. The Kier molecular flexibility index (Phi) is 5.43. The summed E-state index contributed by atoms with van der Waals surface area (Å²) in [5.41, 5.74) is 8.10. The van der Waals surface area contributed by atoms with E-state index in [1.54, 1.807) is 0 Å². The van der Waals surface area contributed by atoms with E-state index in [1.165, 1.54) is 16.1 Å². The summed E-state index contributed by atoms with van der Waals surface area (Å²) < 4.78 is 1.15. The van der Waals surface area contributed by atoms with Crippen LogP contribution in [0.25, 0.3) is 0 Å². The van der Waals surface area contributed by atoms with Crippen LogP contribution in [-0.4, -0.2) is 20.1 Å². The van der Waals surface area contributed by atoms with Gasteiger partial charge in [-0.05, 0) is 64.5 Å². The van der Waals surface area contributed by atoms with Gasteiger partial charge in [0.15, 0.2) is 0 Å². The quantitative estimate of drug-likeness (QED) is 0.870. The van der Waals surface area contributed by atoms with Crippen LogP contribution >= 0.6 is 27.3 Å². The van der Waals surface area contributed by atoms with E-state index in [2.05, 4.69) is 63.6 Å². The summed E-state index contributed by atoms with van der Waals surface area (Å²) in [5.74, 6) is 0. The molecule has 102 valence electrons. The largest absolute Gasteiger partial charge is 0.373 e. The maximum atomic E-state index is 5.59. The molecule has 0 unspecified atom stereocenters. The van der Waals surface area contributed by atoms with E-state index in [-0.39, 0.29) is 0 Å². The zero-order valence-electron chi connectivity index (χ0n) is 11.1. The van der Waals surface area contributed by atoms with Crippen molar-refractivity contribution in [1.29, 1.82) is 0 Å².